The molecular weight excluding hydrogens is 216 g/mol. The van der Waals surface area contributed by atoms with Gasteiger partial charge in [0.25, 0.3) is 0 Å². The van der Waals surface area contributed by atoms with Crippen LogP contribution in [0.1, 0.15) is 39.0 Å². The summed E-state index contributed by atoms with van der Waals surface area (Å²) in [5.41, 5.74) is 5.80. The molecule has 0 aromatic carbocycles. The van der Waals surface area contributed by atoms with Crippen LogP contribution in [0.3, 0.4) is 0 Å². The number of nitrogens with two attached hydrogens (primary N) is 2. The van der Waals surface area contributed by atoms with Gasteiger partial charge in [0.15, 0.2) is 0 Å². The summed E-state index contributed by atoms with van der Waals surface area (Å²) >= 11 is 0. The van der Waals surface area contributed by atoms with Crippen molar-refractivity contribution in [2.75, 3.05) is 13.4 Å². The van der Waals surface area contributed by atoms with Gasteiger partial charge in [-0.25, -0.2) is 5.01 Å². The predicted molar refractivity (Wildman–Crippen MR) is 69.5 cm³/mol. The van der Waals surface area contributed by atoms with Crippen LogP contribution in [-0.2, 0) is 0 Å². The van der Waals surface area contributed by atoms with Crippen molar-refractivity contribution in [2.45, 2.75) is 51.1 Å². The lowest BCUT2D eigenvalue weighted by Crippen LogP contribution is -2.55. The quantitative estimate of drug-likeness (QED) is 0.360. The van der Waals surface area contributed by atoms with Crippen LogP contribution in [0, 0.1) is 0 Å². The van der Waals surface area contributed by atoms with Gasteiger partial charge in [-0.05, 0) is 25.5 Å². The number of allylic oxidation sites excluding steroid dienone is 1. The van der Waals surface area contributed by atoms with Gasteiger partial charge in [0.1, 0.15) is 6.73 Å². The Labute approximate surface area is 104 Å². The Morgan fingerprint density at radius 1 is 1.29 bits per heavy atom. The fourth-order valence-electron chi connectivity index (χ4n) is 2.52. The lowest BCUT2D eigenvalue weighted by molar-refractivity contribution is 0.0111. The van der Waals surface area contributed by atoms with Crippen molar-refractivity contribution in [1.29, 1.82) is 0 Å². The van der Waals surface area contributed by atoms with Crippen LogP contribution in [0.15, 0.2) is 12.3 Å². The molecule has 1 aliphatic rings. The van der Waals surface area contributed by atoms with Crippen molar-refractivity contribution in [3.8, 4) is 0 Å². The lowest BCUT2D eigenvalue weighted by Gasteiger charge is -2.42. The second-order valence-electron chi connectivity index (χ2n) is 4.56. The standard InChI is InChI=1S/C12H26N4O/c1-2-3-8-15(9-13)11-6-4-5-7-12(11)16(14)10-17/h3,8,11-12,17H,2,4-7,9-10,13-14H2,1H3/b8-3-. The van der Waals surface area contributed by atoms with E-state index in [0.29, 0.717) is 12.7 Å². The molecule has 0 aromatic heterocycles. The van der Waals surface area contributed by atoms with Crippen LogP contribution in [-0.4, -0.2) is 40.5 Å². The van der Waals surface area contributed by atoms with Gasteiger partial charge in [-0.1, -0.05) is 25.8 Å². The molecule has 0 saturated heterocycles. The smallest absolute Gasteiger partial charge is 0.108 e. The molecule has 1 fully saturated rings. The van der Waals surface area contributed by atoms with Gasteiger partial charge in [0, 0.05) is 12.1 Å². The number of hydrogen-bond acceptors (Lipinski definition) is 5. The Morgan fingerprint density at radius 3 is 2.47 bits per heavy atom. The van der Waals surface area contributed by atoms with E-state index < -0.39 is 0 Å². The number of nitrogens with zero attached hydrogens (tertiary/aromatic N) is 2. The minimum Gasteiger partial charge on any atom is -0.380 e. The van der Waals surface area contributed by atoms with Crippen LogP contribution in [0.25, 0.3) is 0 Å². The van der Waals surface area contributed by atoms with Crippen LogP contribution < -0.4 is 11.6 Å². The van der Waals surface area contributed by atoms with E-state index in [4.69, 9.17) is 16.7 Å². The zero-order chi connectivity index (χ0) is 12.7. The van der Waals surface area contributed by atoms with Crippen LogP contribution in [0.2, 0.25) is 0 Å². The molecule has 5 nitrogen and oxygen atoms in total. The molecule has 5 N–H and O–H groups in total. The molecule has 1 rings (SSSR count). The van der Waals surface area contributed by atoms with Crippen LogP contribution in [0.5, 0.6) is 0 Å². The van der Waals surface area contributed by atoms with E-state index in [1.165, 1.54) is 17.9 Å². The summed E-state index contributed by atoms with van der Waals surface area (Å²) in [5.74, 6) is 5.85. The lowest BCUT2D eigenvalue weighted by atomic mass is 9.89. The average molecular weight is 242 g/mol. The Morgan fingerprint density at radius 2 is 1.94 bits per heavy atom. The van der Waals surface area contributed by atoms with Gasteiger partial charge in [-0.15, -0.1) is 0 Å². The maximum Gasteiger partial charge on any atom is 0.108 e. The van der Waals surface area contributed by atoms with Gasteiger partial charge in [0.2, 0.25) is 0 Å². The topological polar surface area (TPSA) is 78.8 Å². The molecule has 0 amide bonds. The van der Waals surface area contributed by atoms with Crippen molar-refractivity contribution in [3.63, 3.8) is 0 Å². The molecule has 1 saturated carbocycles. The predicted octanol–water partition coefficient (Wildman–Crippen LogP) is 0.565. The zero-order valence-corrected chi connectivity index (χ0v) is 10.8. The highest BCUT2D eigenvalue weighted by Gasteiger charge is 2.31. The SMILES string of the molecule is CC/C=C\N(CN)C1CCCCC1N(N)CO. The minimum absolute atomic E-state index is 0.100. The summed E-state index contributed by atoms with van der Waals surface area (Å²) < 4.78 is 0. The highest BCUT2D eigenvalue weighted by molar-refractivity contribution is 4.93. The normalized spacial score (nSPS) is 25.7. The molecule has 0 spiro atoms. The van der Waals surface area contributed by atoms with E-state index in [2.05, 4.69) is 24.1 Å². The Hall–Kier alpha value is -0.620. The van der Waals surface area contributed by atoms with Gasteiger partial charge < -0.3 is 15.7 Å². The number of rotatable bonds is 6. The summed E-state index contributed by atoms with van der Waals surface area (Å²) in [4.78, 5) is 2.14. The Bertz CT molecular complexity index is 235. The van der Waals surface area contributed by atoms with E-state index in [9.17, 15) is 0 Å². The first-order chi connectivity index (χ1) is 8.24. The first-order valence-corrected chi connectivity index (χ1v) is 6.49. The Balaban J connectivity index is 2.70. The van der Waals surface area contributed by atoms with E-state index in [1.54, 1.807) is 0 Å². The minimum atomic E-state index is -0.100. The molecule has 100 valence electrons. The first-order valence-electron chi connectivity index (χ1n) is 6.49. The fourth-order valence-corrected chi connectivity index (χ4v) is 2.52. The van der Waals surface area contributed by atoms with Crippen molar-refractivity contribution in [1.82, 2.24) is 9.91 Å². The third-order valence-corrected chi connectivity index (χ3v) is 3.45. The van der Waals surface area contributed by atoms with Gasteiger partial charge in [-0.3, -0.25) is 5.84 Å². The average Bonchev–Trinajstić information content (AvgIpc) is 2.39. The molecular formula is C12H26N4O. The molecule has 0 aromatic rings. The van der Waals surface area contributed by atoms with E-state index in [-0.39, 0.29) is 12.8 Å². The van der Waals surface area contributed by atoms with Gasteiger partial charge in [-0.2, -0.15) is 0 Å². The first kappa shape index (κ1) is 14.4. The maximum absolute atomic E-state index is 9.17. The summed E-state index contributed by atoms with van der Waals surface area (Å²) in [6.07, 6.45) is 9.66. The molecule has 2 atom stereocenters. The molecule has 1 aliphatic carbocycles. The molecule has 0 bridgehead atoms. The highest BCUT2D eigenvalue weighted by atomic mass is 16.3. The van der Waals surface area contributed by atoms with E-state index >= 15 is 0 Å². The monoisotopic (exact) mass is 242 g/mol. The number of hydrogen-bond donors (Lipinski definition) is 3. The Kier molecular flexibility index (Phi) is 6.50. The third kappa shape index (κ3) is 3.96. The molecule has 0 aliphatic heterocycles. The molecule has 5 heteroatoms. The zero-order valence-electron chi connectivity index (χ0n) is 10.8. The van der Waals surface area contributed by atoms with Crippen LogP contribution >= 0.6 is 0 Å². The largest absolute Gasteiger partial charge is 0.380 e. The van der Waals surface area contributed by atoms with Crippen molar-refractivity contribution < 1.29 is 5.11 Å². The summed E-state index contributed by atoms with van der Waals surface area (Å²) in [6, 6.07) is 0.507. The third-order valence-electron chi connectivity index (χ3n) is 3.45. The van der Waals surface area contributed by atoms with Crippen LogP contribution in [0.4, 0.5) is 0 Å². The van der Waals surface area contributed by atoms with Crippen molar-refractivity contribution in [2.24, 2.45) is 11.6 Å². The van der Waals surface area contributed by atoms with E-state index in [0.717, 1.165) is 19.3 Å². The van der Waals surface area contributed by atoms with Gasteiger partial charge >= 0.3 is 0 Å². The second-order valence-corrected chi connectivity index (χ2v) is 4.56. The molecule has 0 radical (unpaired) electrons. The highest BCUT2D eigenvalue weighted by Crippen LogP contribution is 2.25. The molecule has 0 heterocycles. The van der Waals surface area contributed by atoms with E-state index in [1.807, 2.05) is 0 Å². The number of hydrazine groups is 1. The summed E-state index contributed by atoms with van der Waals surface area (Å²) in [6.45, 7) is 2.50. The summed E-state index contributed by atoms with van der Waals surface area (Å²) in [7, 11) is 0. The van der Waals surface area contributed by atoms with Gasteiger partial charge in [0.05, 0.1) is 6.67 Å². The number of aliphatic hydroxyl groups is 1. The summed E-state index contributed by atoms with van der Waals surface area (Å²) in [5, 5.41) is 10.7. The van der Waals surface area contributed by atoms with Crippen molar-refractivity contribution in [3.05, 3.63) is 12.3 Å². The maximum atomic E-state index is 9.17. The molecule has 2 unspecified atom stereocenters. The number of aliphatic hydroxyl groups excluding tert-OH is 1. The second kappa shape index (κ2) is 7.66. The van der Waals surface area contributed by atoms with Crippen molar-refractivity contribution >= 4 is 0 Å². The molecule has 17 heavy (non-hydrogen) atoms. The fraction of sp³-hybridized carbons (Fsp3) is 0.833.